The Labute approximate surface area is 162 Å². The minimum atomic E-state index is -0.581. The molecule has 0 saturated heterocycles. The van der Waals surface area contributed by atoms with Crippen molar-refractivity contribution in [1.82, 2.24) is 10.6 Å². The van der Waals surface area contributed by atoms with E-state index < -0.39 is 11.6 Å². The van der Waals surface area contributed by atoms with Crippen LogP contribution in [0.2, 0.25) is 0 Å². The van der Waals surface area contributed by atoms with Gasteiger partial charge < -0.3 is 10.6 Å². The second-order valence-electron chi connectivity index (χ2n) is 5.29. The minimum absolute atomic E-state index is 0. The van der Waals surface area contributed by atoms with Gasteiger partial charge in [-0.05, 0) is 42.2 Å². The van der Waals surface area contributed by atoms with Crippen molar-refractivity contribution < 1.29 is 13.2 Å². The molecule has 0 saturated carbocycles. The van der Waals surface area contributed by atoms with Crippen LogP contribution in [0.5, 0.6) is 0 Å². The summed E-state index contributed by atoms with van der Waals surface area (Å²) in [6, 6.07) is 9.91. The summed E-state index contributed by atoms with van der Waals surface area (Å²) >= 11 is 0. The third kappa shape index (κ3) is 7.33. The molecule has 7 heteroatoms. The summed E-state index contributed by atoms with van der Waals surface area (Å²) in [5.41, 5.74) is 1.47. The van der Waals surface area contributed by atoms with E-state index >= 15 is 0 Å². The van der Waals surface area contributed by atoms with E-state index in [0.717, 1.165) is 18.1 Å². The van der Waals surface area contributed by atoms with E-state index in [-0.39, 0.29) is 29.8 Å². The molecular weight excluding hydrogens is 442 g/mol. The van der Waals surface area contributed by atoms with Gasteiger partial charge in [0.1, 0.15) is 17.5 Å². The molecule has 0 heterocycles. The van der Waals surface area contributed by atoms with Crippen molar-refractivity contribution in [2.24, 2.45) is 4.99 Å². The fraction of sp³-hybridized carbons (Fsp3) is 0.278. The van der Waals surface area contributed by atoms with Crippen LogP contribution >= 0.6 is 24.0 Å². The lowest BCUT2D eigenvalue weighted by atomic mass is 10.1. The average Bonchev–Trinajstić information content (AvgIpc) is 2.57. The summed E-state index contributed by atoms with van der Waals surface area (Å²) in [5, 5.41) is 6.21. The largest absolute Gasteiger partial charge is 0.356 e. The molecule has 0 aliphatic heterocycles. The molecule has 0 amide bonds. The number of hydrogen-bond acceptors (Lipinski definition) is 1. The number of nitrogens with one attached hydrogen (secondary N) is 2. The van der Waals surface area contributed by atoms with Gasteiger partial charge in [-0.1, -0.05) is 18.2 Å². The van der Waals surface area contributed by atoms with Crippen LogP contribution in [-0.4, -0.2) is 26.1 Å². The number of guanidine groups is 1. The predicted octanol–water partition coefficient (Wildman–Crippen LogP) is 3.67. The number of benzene rings is 2. The third-order valence-corrected chi connectivity index (χ3v) is 3.54. The first kappa shape index (κ1) is 21.3. The van der Waals surface area contributed by atoms with Crippen LogP contribution in [0.4, 0.5) is 13.2 Å². The van der Waals surface area contributed by atoms with Crippen LogP contribution in [0, 0.1) is 17.5 Å². The highest BCUT2D eigenvalue weighted by atomic mass is 127. The Bertz CT molecular complexity index is 690. The van der Waals surface area contributed by atoms with Gasteiger partial charge in [-0.3, -0.25) is 4.99 Å². The second kappa shape index (κ2) is 11.0. The molecule has 2 aromatic rings. The molecule has 3 nitrogen and oxygen atoms in total. The standard InChI is InChI=1S/C18H20F3N3.HI/c1-22-18(23-10-8-13-2-5-15(19)6-3-13)24-11-9-14-4-7-16(20)12-17(14)21;/h2-7,12H,8-11H2,1H3,(H2,22,23,24);1H. The maximum atomic E-state index is 13.5. The molecular formula is C18H21F3IN3. The summed E-state index contributed by atoms with van der Waals surface area (Å²) in [5.74, 6) is -0.782. The monoisotopic (exact) mass is 463 g/mol. The minimum Gasteiger partial charge on any atom is -0.356 e. The van der Waals surface area contributed by atoms with Crippen molar-refractivity contribution in [2.75, 3.05) is 20.1 Å². The summed E-state index contributed by atoms with van der Waals surface area (Å²) in [4.78, 5) is 4.08. The number of nitrogens with zero attached hydrogens (tertiary/aromatic N) is 1. The number of hydrogen-bond donors (Lipinski definition) is 2. The van der Waals surface area contributed by atoms with Gasteiger partial charge in [-0.25, -0.2) is 13.2 Å². The van der Waals surface area contributed by atoms with Crippen molar-refractivity contribution in [2.45, 2.75) is 12.8 Å². The van der Waals surface area contributed by atoms with Crippen molar-refractivity contribution in [1.29, 1.82) is 0 Å². The van der Waals surface area contributed by atoms with E-state index in [1.165, 1.54) is 24.3 Å². The van der Waals surface area contributed by atoms with E-state index in [4.69, 9.17) is 0 Å². The summed E-state index contributed by atoms with van der Waals surface area (Å²) < 4.78 is 39.2. The molecule has 0 aliphatic carbocycles. The van der Waals surface area contributed by atoms with Gasteiger partial charge in [-0.2, -0.15) is 0 Å². The Morgan fingerprint density at radius 2 is 1.48 bits per heavy atom. The maximum absolute atomic E-state index is 13.5. The molecule has 0 atom stereocenters. The summed E-state index contributed by atoms with van der Waals surface area (Å²) in [6.45, 7) is 1.11. The highest BCUT2D eigenvalue weighted by Gasteiger charge is 2.04. The highest BCUT2D eigenvalue weighted by molar-refractivity contribution is 14.0. The lowest BCUT2D eigenvalue weighted by molar-refractivity contribution is 0.570. The molecule has 0 unspecified atom stereocenters. The Hall–Kier alpha value is -1.77. The Balaban J connectivity index is 0.00000312. The van der Waals surface area contributed by atoms with Crippen LogP contribution in [-0.2, 0) is 12.8 Å². The van der Waals surface area contributed by atoms with Crippen LogP contribution in [0.15, 0.2) is 47.5 Å². The first-order valence-corrected chi connectivity index (χ1v) is 7.71. The molecule has 25 heavy (non-hydrogen) atoms. The van der Waals surface area contributed by atoms with E-state index in [9.17, 15) is 13.2 Å². The first-order valence-electron chi connectivity index (χ1n) is 7.71. The molecule has 2 rings (SSSR count). The van der Waals surface area contributed by atoms with Crippen LogP contribution in [0.3, 0.4) is 0 Å². The van der Waals surface area contributed by atoms with Gasteiger partial charge in [0.2, 0.25) is 0 Å². The van der Waals surface area contributed by atoms with E-state index in [1.807, 2.05) is 0 Å². The molecule has 0 radical (unpaired) electrons. The first-order chi connectivity index (χ1) is 11.6. The Morgan fingerprint density at radius 1 is 0.880 bits per heavy atom. The zero-order valence-electron chi connectivity index (χ0n) is 13.9. The number of aliphatic imine (C=N–C) groups is 1. The molecule has 0 fully saturated rings. The van der Waals surface area contributed by atoms with Gasteiger partial charge in [0.25, 0.3) is 0 Å². The van der Waals surface area contributed by atoms with Crippen molar-refractivity contribution in [3.05, 3.63) is 71.0 Å². The molecule has 2 N–H and O–H groups in total. The molecule has 0 aromatic heterocycles. The fourth-order valence-electron chi connectivity index (χ4n) is 2.24. The predicted molar refractivity (Wildman–Crippen MR) is 105 cm³/mol. The Kier molecular flexibility index (Phi) is 9.33. The number of rotatable bonds is 6. The number of halogens is 4. The smallest absolute Gasteiger partial charge is 0.190 e. The lowest BCUT2D eigenvalue weighted by Crippen LogP contribution is -2.39. The zero-order valence-corrected chi connectivity index (χ0v) is 16.2. The second-order valence-corrected chi connectivity index (χ2v) is 5.29. The average molecular weight is 463 g/mol. The van der Waals surface area contributed by atoms with E-state index in [2.05, 4.69) is 15.6 Å². The fourth-order valence-corrected chi connectivity index (χ4v) is 2.24. The van der Waals surface area contributed by atoms with Crippen molar-refractivity contribution in [3.63, 3.8) is 0 Å². The Morgan fingerprint density at radius 3 is 2.08 bits per heavy atom. The molecule has 0 aliphatic rings. The van der Waals surface area contributed by atoms with Crippen LogP contribution in [0.1, 0.15) is 11.1 Å². The van der Waals surface area contributed by atoms with E-state index in [0.29, 0.717) is 31.0 Å². The van der Waals surface area contributed by atoms with Gasteiger partial charge in [0, 0.05) is 26.2 Å². The van der Waals surface area contributed by atoms with E-state index in [1.54, 1.807) is 19.2 Å². The molecule has 0 bridgehead atoms. The van der Waals surface area contributed by atoms with Crippen molar-refractivity contribution in [3.8, 4) is 0 Å². The summed E-state index contributed by atoms with van der Waals surface area (Å²) in [6.07, 6.45) is 1.15. The SMILES string of the molecule is CN=C(NCCc1ccc(F)cc1)NCCc1ccc(F)cc1F.I. The molecule has 136 valence electrons. The normalized spacial score (nSPS) is 11.0. The van der Waals surface area contributed by atoms with Crippen LogP contribution < -0.4 is 10.6 Å². The third-order valence-electron chi connectivity index (χ3n) is 3.54. The van der Waals surface area contributed by atoms with Gasteiger partial charge in [0.15, 0.2) is 5.96 Å². The zero-order chi connectivity index (χ0) is 17.4. The highest BCUT2D eigenvalue weighted by Crippen LogP contribution is 2.09. The van der Waals surface area contributed by atoms with Gasteiger partial charge in [0.05, 0.1) is 0 Å². The summed E-state index contributed by atoms with van der Waals surface area (Å²) in [7, 11) is 1.64. The topological polar surface area (TPSA) is 36.4 Å². The maximum Gasteiger partial charge on any atom is 0.190 e. The quantitative estimate of drug-likeness (QED) is 0.390. The molecule has 2 aromatic carbocycles. The lowest BCUT2D eigenvalue weighted by Gasteiger charge is -2.12. The molecule has 0 spiro atoms. The van der Waals surface area contributed by atoms with Gasteiger partial charge in [-0.15, -0.1) is 24.0 Å². The van der Waals surface area contributed by atoms with Crippen LogP contribution in [0.25, 0.3) is 0 Å². The van der Waals surface area contributed by atoms with Crippen molar-refractivity contribution >= 4 is 29.9 Å². The van der Waals surface area contributed by atoms with Gasteiger partial charge >= 0.3 is 0 Å².